The smallest absolute Gasteiger partial charge is 0.146 e. The van der Waals surface area contributed by atoms with Gasteiger partial charge in [0.15, 0.2) is 0 Å². The van der Waals surface area contributed by atoms with Crippen molar-refractivity contribution in [3.63, 3.8) is 0 Å². The fourth-order valence-corrected chi connectivity index (χ4v) is 1.58. The van der Waals surface area contributed by atoms with Crippen LogP contribution in [0.1, 0.15) is 6.92 Å². The van der Waals surface area contributed by atoms with Gasteiger partial charge in [0, 0.05) is 12.0 Å². The number of nitrogens with one attached hydrogen (secondary N) is 2. The Morgan fingerprint density at radius 3 is 3.00 bits per heavy atom. The van der Waals surface area contributed by atoms with Crippen molar-refractivity contribution in [1.82, 2.24) is 10.4 Å². The van der Waals surface area contributed by atoms with E-state index in [1.54, 1.807) is 0 Å². The van der Waals surface area contributed by atoms with Crippen LogP contribution in [0.2, 0.25) is 0 Å². The second kappa shape index (κ2) is 4.27. The molecule has 0 aromatic heterocycles. The zero-order valence-electron chi connectivity index (χ0n) is 6.71. The summed E-state index contributed by atoms with van der Waals surface area (Å²) in [5.74, 6) is 0. The van der Waals surface area contributed by atoms with E-state index in [-0.39, 0.29) is 12.1 Å². The number of β-amino-alcohol motifs (C(OH)–C–C–N with tert-alkyl or cyclic N) is 1. The van der Waals surface area contributed by atoms with Crippen LogP contribution < -0.4 is 10.3 Å². The van der Waals surface area contributed by atoms with E-state index >= 15 is 0 Å². The lowest BCUT2D eigenvalue weighted by atomic mass is 10.6. The molecule has 2 atom stereocenters. The first-order valence-corrected chi connectivity index (χ1v) is 4.37. The zero-order valence-corrected chi connectivity index (χ0v) is 7.52. The summed E-state index contributed by atoms with van der Waals surface area (Å²) in [5.41, 5.74) is 3.18. The minimum Gasteiger partial charge on any atom is -0.709 e. The Morgan fingerprint density at radius 2 is 2.55 bits per heavy atom. The van der Waals surface area contributed by atoms with Crippen LogP contribution in [0, 0.1) is 0 Å². The van der Waals surface area contributed by atoms with Crippen LogP contribution in [0.25, 0.3) is 0 Å². The Hall–Kier alpha value is 0.190. The van der Waals surface area contributed by atoms with E-state index in [1.807, 2.05) is 5.01 Å². The van der Waals surface area contributed by atoms with E-state index in [2.05, 4.69) is 12.3 Å². The quantitative estimate of drug-likeness (QED) is 0.417. The molecule has 0 bridgehead atoms. The summed E-state index contributed by atoms with van der Waals surface area (Å²) in [5, 5.41) is 10.6. The van der Waals surface area contributed by atoms with Crippen LogP contribution in [0.15, 0.2) is 0 Å². The number of hydrazine groups is 1. The number of aliphatic hydroxyl groups excluding tert-OH is 1. The Bertz CT molecular complexity index is 124. The summed E-state index contributed by atoms with van der Waals surface area (Å²) in [6, 6.07) is 0. The van der Waals surface area contributed by atoms with E-state index in [9.17, 15) is 0 Å². The van der Waals surface area contributed by atoms with Crippen molar-refractivity contribution in [2.75, 3.05) is 26.4 Å². The number of nitrogens with zero attached hydrogens (tertiary/aromatic N) is 1. The summed E-state index contributed by atoms with van der Waals surface area (Å²) >= 11 is 5.14. The average Bonchev–Trinajstić information content (AvgIpc) is 2.32. The van der Waals surface area contributed by atoms with Gasteiger partial charge in [-0.25, -0.2) is 5.43 Å². The van der Waals surface area contributed by atoms with Crippen LogP contribution in [-0.2, 0) is 12.6 Å². The number of quaternary nitrogens is 1. The molecule has 5 heteroatoms. The fourth-order valence-electron chi connectivity index (χ4n) is 1.19. The largest absolute Gasteiger partial charge is 0.709 e. The molecule has 0 spiro atoms. The first-order chi connectivity index (χ1) is 5.27. The van der Waals surface area contributed by atoms with Crippen molar-refractivity contribution in [1.29, 1.82) is 0 Å². The molecule has 0 saturated carbocycles. The molecule has 11 heavy (non-hydrogen) atoms. The van der Waals surface area contributed by atoms with Gasteiger partial charge in [0.1, 0.15) is 6.67 Å². The standard InChI is InChI=1S/C6H15N3OS/c1-2-8-5-9(3-4-10)7-6(8)11/h6-7,10-11H,2-5H2,1H3. The SMILES string of the molecule is CC[NH+]1CN(CCO)NC1[S-]. The predicted octanol–water partition coefficient (Wildman–Crippen LogP) is -2.51. The van der Waals surface area contributed by atoms with Gasteiger partial charge in [-0.2, -0.15) is 5.01 Å². The average molecular weight is 177 g/mol. The summed E-state index contributed by atoms with van der Waals surface area (Å²) in [7, 11) is 0. The van der Waals surface area contributed by atoms with Gasteiger partial charge in [0.05, 0.1) is 13.2 Å². The van der Waals surface area contributed by atoms with Gasteiger partial charge < -0.3 is 22.6 Å². The topological polar surface area (TPSA) is 39.9 Å². The minimum absolute atomic E-state index is 0.0755. The van der Waals surface area contributed by atoms with Gasteiger partial charge in [-0.05, 0) is 6.92 Å². The Morgan fingerprint density at radius 1 is 1.82 bits per heavy atom. The van der Waals surface area contributed by atoms with Crippen LogP contribution in [0.5, 0.6) is 0 Å². The number of rotatable bonds is 3. The maximum absolute atomic E-state index is 8.65. The lowest BCUT2D eigenvalue weighted by molar-refractivity contribution is -0.901. The summed E-state index contributed by atoms with van der Waals surface area (Å²) in [6.07, 6.45) is 0. The molecule has 2 unspecified atom stereocenters. The summed E-state index contributed by atoms with van der Waals surface area (Å²) < 4.78 is 0. The van der Waals surface area contributed by atoms with Gasteiger partial charge in [-0.3, -0.25) is 0 Å². The van der Waals surface area contributed by atoms with Crippen LogP contribution in [-0.4, -0.2) is 42.0 Å². The van der Waals surface area contributed by atoms with Gasteiger partial charge >= 0.3 is 0 Å². The van der Waals surface area contributed by atoms with Gasteiger partial charge in [-0.15, -0.1) is 0 Å². The molecule has 1 saturated heterocycles. The molecule has 1 heterocycles. The lowest BCUT2D eigenvalue weighted by Crippen LogP contribution is -3.14. The number of aliphatic hydroxyl groups is 1. The highest BCUT2D eigenvalue weighted by Gasteiger charge is 2.22. The minimum atomic E-state index is 0.0755. The van der Waals surface area contributed by atoms with Crippen molar-refractivity contribution in [3.8, 4) is 0 Å². The van der Waals surface area contributed by atoms with Crippen LogP contribution in [0.3, 0.4) is 0 Å². The molecule has 0 amide bonds. The molecule has 1 aliphatic heterocycles. The molecule has 0 aromatic rings. The van der Waals surface area contributed by atoms with Gasteiger partial charge in [-0.1, -0.05) is 0 Å². The first-order valence-electron chi connectivity index (χ1n) is 3.90. The molecule has 4 nitrogen and oxygen atoms in total. The molecule has 1 aliphatic rings. The van der Waals surface area contributed by atoms with Gasteiger partial charge in [0.2, 0.25) is 0 Å². The molecule has 3 N–H and O–H groups in total. The molecule has 0 aromatic carbocycles. The highest BCUT2D eigenvalue weighted by atomic mass is 32.1. The molecular formula is C6H15N3OS. The third-order valence-electron chi connectivity index (χ3n) is 1.89. The second-order valence-electron chi connectivity index (χ2n) is 2.67. The van der Waals surface area contributed by atoms with Gasteiger partial charge in [0.25, 0.3) is 0 Å². The summed E-state index contributed by atoms with van der Waals surface area (Å²) in [4.78, 5) is 1.34. The normalized spacial score (nSPS) is 33.0. The van der Waals surface area contributed by atoms with Crippen molar-refractivity contribution in [2.24, 2.45) is 0 Å². The fraction of sp³-hybridized carbons (Fsp3) is 1.00. The Kier molecular flexibility index (Phi) is 3.61. The maximum atomic E-state index is 8.65. The van der Waals surface area contributed by atoms with E-state index in [0.717, 1.165) is 13.2 Å². The molecule has 0 aliphatic carbocycles. The lowest BCUT2D eigenvalue weighted by Gasteiger charge is -2.21. The van der Waals surface area contributed by atoms with E-state index in [1.165, 1.54) is 4.90 Å². The number of hydrogen-bond acceptors (Lipinski definition) is 4. The highest BCUT2D eigenvalue weighted by Crippen LogP contribution is 1.84. The van der Waals surface area contributed by atoms with Crippen molar-refractivity contribution in [2.45, 2.75) is 12.4 Å². The molecule has 0 radical (unpaired) electrons. The third kappa shape index (κ3) is 2.31. The van der Waals surface area contributed by atoms with Crippen molar-refractivity contribution < 1.29 is 10.0 Å². The third-order valence-corrected chi connectivity index (χ3v) is 2.33. The second-order valence-corrected chi connectivity index (χ2v) is 3.14. The zero-order chi connectivity index (χ0) is 8.27. The highest BCUT2D eigenvalue weighted by molar-refractivity contribution is 7.59. The Balaban J connectivity index is 2.30. The van der Waals surface area contributed by atoms with E-state index in [4.69, 9.17) is 17.7 Å². The van der Waals surface area contributed by atoms with Crippen molar-refractivity contribution >= 4 is 12.6 Å². The van der Waals surface area contributed by atoms with Crippen LogP contribution in [0.4, 0.5) is 0 Å². The summed E-state index contributed by atoms with van der Waals surface area (Å²) in [6.45, 7) is 4.88. The first kappa shape index (κ1) is 9.28. The molecule has 66 valence electrons. The molecule has 1 rings (SSSR count). The van der Waals surface area contributed by atoms with E-state index in [0.29, 0.717) is 6.54 Å². The maximum Gasteiger partial charge on any atom is 0.146 e. The molecule has 1 fully saturated rings. The van der Waals surface area contributed by atoms with Crippen LogP contribution >= 0.6 is 0 Å². The monoisotopic (exact) mass is 177 g/mol. The predicted molar refractivity (Wildman–Crippen MR) is 44.5 cm³/mol. The van der Waals surface area contributed by atoms with Crippen molar-refractivity contribution in [3.05, 3.63) is 0 Å². The van der Waals surface area contributed by atoms with E-state index < -0.39 is 0 Å². The Labute approximate surface area is 72.5 Å². The number of hydrogen-bond donors (Lipinski definition) is 3. The molecular weight excluding hydrogens is 162 g/mol.